The Morgan fingerprint density at radius 1 is 0.571 bits per heavy atom. The summed E-state index contributed by atoms with van der Waals surface area (Å²) in [4.78, 5) is 59.2. The average molecular weight is 773 g/mol. The van der Waals surface area contributed by atoms with Gasteiger partial charge in [0, 0.05) is 59.9 Å². The molecule has 12 heteroatoms. The van der Waals surface area contributed by atoms with Crippen LogP contribution < -0.4 is 9.47 Å². The molecule has 0 spiro atoms. The van der Waals surface area contributed by atoms with Gasteiger partial charge in [0.1, 0.15) is 36.0 Å². The van der Waals surface area contributed by atoms with E-state index in [2.05, 4.69) is 13.8 Å². The number of hydrogen-bond donors (Lipinski definition) is 0. The summed E-state index contributed by atoms with van der Waals surface area (Å²) in [5.74, 6) is 0.715. The lowest BCUT2D eigenvalue weighted by Gasteiger charge is -2.28. The van der Waals surface area contributed by atoms with E-state index >= 15 is 0 Å². The van der Waals surface area contributed by atoms with E-state index in [1.54, 1.807) is 35.7 Å². The van der Waals surface area contributed by atoms with Gasteiger partial charge in [0.25, 0.3) is 0 Å². The van der Waals surface area contributed by atoms with Crippen LogP contribution in [-0.2, 0) is 22.7 Å². The molecule has 0 saturated carbocycles. The maximum absolute atomic E-state index is 14.3. The van der Waals surface area contributed by atoms with Crippen LogP contribution in [0.15, 0.2) is 36.4 Å². The zero-order valence-electron chi connectivity index (χ0n) is 35.5. The zero-order chi connectivity index (χ0) is 41.2. The van der Waals surface area contributed by atoms with Gasteiger partial charge in [-0.05, 0) is 37.1 Å². The molecular formula is C44H64N6O6. The molecule has 0 atom stereocenters. The van der Waals surface area contributed by atoms with Crippen molar-refractivity contribution in [2.45, 2.75) is 120 Å². The van der Waals surface area contributed by atoms with E-state index in [9.17, 15) is 19.2 Å². The minimum absolute atomic E-state index is 0.0645. The third-order valence-corrected chi connectivity index (χ3v) is 10.2. The lowest BCUT2D eigenvalue weighted by molar-refractivity contribution is -0.136. The first-order valence-corrected chi connectivity index (χ1v) is 20.3. The molecule has 56 heavy (non-hydrogen) atoms. The van der Waals surface area contributed by atoms with Gasteiger partial charge < -0.3 is 19.3 Å². The fourth-order valence-electron chi connectivity index (χ4n) is 6.73. The number of unbranched alkanes of at least 4 members (excludes halogenated alkanes) is 6. The van der Waals surface area contributed by atoms with E-state index in [4.69, 9.17) is 19.7 Å². The van der Waals surface area contributed by atoms with Crippen molar-refractivity contribution in [3.8, 4) is 11.5 Å². The standard InChI is InChI=1S/C44H64N6O6/c1-11-13-15-17-23-47(37(51)29-49-35-27-31(55-9)19-21-33(35)39(45-49)41(53)43(3,4)5)25-26-48(24-18-16-14-12-2)38(52)30-50-36-28-32(56-10)20-22-34(36)40(46-50)42(54)44(6,7)8/h19-22,27-28H,11-18,23-26,29-30H2,1-10H3. The third kappa shape index (κ3) is 11.0. The number of rotatable bonds is 21. The summed E-state index contributed by atoms with van der Waals surface area (Å²) < 4.78 is 14.2. The number of fused-ring (bicyclic) bond motifs is 2. The highest BCUT2D eigenvalue weighted by atomic mass is 16.5. The Kier molecular flexibility index (Phi) is 15.2. The minimum atomic E-state index is -0.660. The van der Waals surface area contributed by atoms with Crippen LogP contribution in [0.1, 0.15) is 128 Å². The van der Waals surface area contributed by atoms with Crippen LogP contribution in [-0.4, -0.2) is 93.1 Å². The number of carbonyl (C=O) groups is 4. The van der Waals surface area contributed by atoms with E-state index in [0.717, 1.165) is 51.4 Å². The number of Topliss-reactive ketones (excluding diaryl/α,β-unsaturated/α-hetero) is 2. The summed E-state index contributed by atoms with van der Waals surface area (Å²) >= 11 is 0. The average Bonchev–Trinajstić information content (AvgIpc) is 3.70. The van der Waals surface area contributed by atoms with Crippen LogP contribution in [0.3, 0.4) is 0 Å². The molecule has 12 nitrogen and oxygen atoms in total. The van der Waals surface area contributed by atoms with Crippen molar-refractivity contribution in [3.63, 3.8) is 0 Å². The highest BCUT2D eigenvalue weighted by molar-refractivity contribution is 6.09. The molecule has 2 aromatic carbocycles. The van der Waals surface area contributed by atoms with Gasteiger partial charge in [-0.25, -0.2) is 0 Å². The summed E-state index contributed by atoms with van der Waals surface area (Å²) in [7, 11) is 3.16. The largest absolute Gasteiger partial charge is 0.497 e. The van der Waals surface area contributed by atoms with Crippen LogP contribution in [0.2, 0.25) is 0 Å². The van der Waals surface area contributed by atoms with Gasteiger partial charge >= 0.3 is 0 Å². The van der Waals surface area contributed by atoms with Crippen molar-refractivity contribution in [1.29, 1.82) is 0 Å². The maximum Gasteiger partial charge on any atom is 0.244 e. The van der Waals surface area contributed by atoms with E-state index in [1.165, 1.54) is 0 Å². The molecule has 306 valence electrons. The first kappa shape index (κ1) is 44.0. The summed E-state index contributed by atoms with van der Waals surface area (Å²) in [5.41, 5.74) is 0.641. The minimum Gasteiger partial charge on any atom is -0.497 e. The Balaban J connectivity index is 1.64. The molecule has 0 N–H and O–H groups in total. The zero-order valence-corrected chi connectivity index (χ0v) is 35.5. The van der Waals surface area contributed by atoms with E-state index < -0.39 is 10.8 Å². The molecule has 0 aliphatic rings. The van der Waals surface area contributed by atoms with Crippen molar-refractivity contribution in [3.05, 3.63) is 47.8 Å². The molecule has 2 heterocycles. The van der Waals surface area contributed by atoms with E-state index in [-0.39, 0.29) is 36.5 Å². The number of amides is 2. The lowest BCUT2D eigenvalue weighted by Crippen LogP contribution is -2.44. The fourth-order valence-corrected chi connectivity index (χ4v) is 6.73. The Labute approximate surface area is 332 Å². The van der Waals surface area contributed by atoms with Crippen LogP contribution in [0.25, 0.3) is 21.8 Å². The van der Waals surface area contributed by atoms with Gasteiger partial charge in [-0.3, -0.25) is 28.5 Å². The Hall–Kier alpha value is -4.74. The van der Waals surface area contributed by atoms with E-state index in [1.807, 2.05) is 75.6 Å². The molecule has 0 radical (unpaired) electrons. The molecule has 0 bridgehead atoms. The quantitative estimate of drug-likeness (QED) is 0.0611. The van der Waals surface area contributed by atoms with Crippen LogP contribution in [0.5, 0.6) is 11.5 Å². The molecule has 4 aromatic rings. The van der Waals surface area contributed by atoms with Gasteiger partial charge in [-0.2, -0.15) is 10.2 Å². The second-order valence-electron chi connectivity index (χ2n) is 16.8. The van der Waals surface area contributed by atoms with Crippen molar-refractivity contribution >= 4 is 45.2 Å². The summed E-state index contributed by atoms with van der Waals surface area (Å²) in [6, 6.07) is 10.9. The summed E-state index contributed by atoms with van der Waals surface area (Å²) in [6.07, 6.45) is 7.89. The Morgan fingerprint density at radius 2 is 0.946 bits per heavy atom. The van der Waals surface area contributed by atoms with Crippen LogP contribution in [0.4, 0.5) is 0 Å². The number of ketones is 2. The Morgan fingerprint density at radius 3 is 1.27 bits per heavy atom. The van der Waals surface area contributed by atoms with Gasteiger partial charge in [0.05, 0.1) is 25.3 Å². The molecule has 0 unspecified atom stereocenters. The SMILES string of the molecule is CCCCCCN(CCN(CCCCCC)C(=O)Cn1nc(C(=O)C(C)(C)C)c2ccc(OC)cc21)C(=O)Cn1nc(C(=O)C(C)(C)C)c2ccc(OC)cc21. The smallest absolute Gasteiger partial charge is 0.244 e. The van der Waals surface area contributed by atoms with Gasteiger partial charge in [0.15, 0.2) is 11.6 Å². The molecule has 0 aliphatic heterocycles. The number of benzene rings is 2. The second-order valence-corrected chi connectivity index (χ2v) is 16.8. The van der Waals surface area contributed by atoms with Crippen LogP contribution >= 0.6 is 0 Å². The van der Waals surface area contributed by atoms with Crippen molar-refractivity contribution < 1.29 is 28.7 Å². The normalized spacial score (nSPS) is 12.0. The second kappa shape index (κ2) is 19.4. The van der Waals surface area contributed by atoms with Crippen molar-refractivity contribution in [1.82, 2.24) is 29.4 Å². The van der Waals surface area contributed by atoms with Crippen molar-refractivity contribution in [2.75, 3.05) is 40.4 Å². The molecule has 4 rings (SSSR count). The van der Waals surface area contributed by atoms with Gasteiger partial charge in [0.2, 0.25) is 11.8 Å². The monoisotopic (exact) mass is 772 g/mol. The summed E-state index contributed by atoms with van der Waals surface area (Å²) in [5, 5.41) is 10.8. The first-order valence-electron chi connectivity index (χ1n) is 20.3. The lowest BCUT2D eigenvalue weighted by atomic mass is 9.88. The predicted octanol–water partition coefficient (Wildman–Crippen LogP) is 8.38. The number of ether oxygens (including phenoxy) is 2. The highest BCUT2D eigenvalue weighted by Crippen LogP contribution is 2.31. The first-order chi connectivity index (χ1) is 26.5. The summed E-state index contributed by atoms with van der Waals surface area (Å²) in [6.45, 7) is 17.1. The number of methoxy groups -OCH3 is 2. The van der Waals surface area contributed by atoms with Gasteiger partial charge in [-0.15, -0.1) is 0 Å². The van der Waals surface area contributed by atoms with Crippen molar-refractivity contribution in [2.24, 2.45) is 10.8 Å². The highest BCUT2D eigenvalue weighted by Gasteiger charge is 2.31. The number of hydrogen-bond acceptors (Lipinski definition) is 8. The fraction of sp³-hybridized carbons (Fsp3) is 0.591. The van der Waals surface area contributed by atoms with Gasteiger partial charge in [-0.1, -0.05) is 93.9 Å². The molecular weight excluding hydrogens is 709 g/mol. The molecule has 2 amide bonds. The van der Waals surface area contributed by atoms with E-state index in [0.29, 0.717) is 70.9 Å². The number of nitrogens with zero attached hydrogens (tertiary/aromatic N) is 6. The molecule has 0 fully saturated rings. The van der Waals surface area contributed by atoms with Crippen LogP contribution in [0, 0.1) is 10.8 Å². The molecule has 0 saturated heterocycles. The molecule has 0 aliphatic carbocycles. The Bertz CT molecular complexity index is 1840. The maximum atomic E-state index is 14.3. The number of aromatic nitrogens is 4. The topological polar surface area (TPSA) is 129 Å². The number of carbonyl (C=O) groups excluding carboxylic acids is 4. The third-order valence-electron chi connectivity index (χ3n) is 10.2. The molecule has 2 aromatic heterocycles. The predicted molar refractivity (Wildman–Crippen MR) is 222 cm³/mol.